The molecule has 0 saturated carbocycles. The number of carboxylic acid groups (broad SMARTS) is 1. The molecule has 1 rings (SSSR count). The highest BCUT2D eigenvalue weighted by Gasteiger charge is 2.27. The Morgan fingerprint density at radius 2 is 2.05 bits per heavy atom. The van der Waals surface area contributed by atoms with Gasteiger partial charge >= 0.3 is 5.97 Å². The highest BCUT2D eigenvalue weighted by atomic mass is 32.2. The second-order valence-electron chi connectivity index (χ2n) is 4.89. The van der Waals surface area contributed by atoms with Crippen LogP contribution in [0, 0.1) is 5.92 Å². The number of primary sulfonamides is 1. The van der Waals surface area contributed by atoms with Crippen molar-refractivity contribution in [3.05, 3.63) is 18.0 Å². The van der Waals surface area contributed by atoms with Crippen molar-refractivity contribution < 1.29 is 23.1 Å². The standard InChI is InChI=1S/C12H19N3O5S/c1-4-7(2)10(12(17)18)14-11(16)9-5-8(6-15(9)3)21(13,19)20/h5-7,10H,4H2,1-3H3,(H,14,16)(H,17,18)(H2,13,19,20)/t7?,10-/m0/s1. The van der Waals surface area contributed by atoms with E-state index >= 15 is 0 Å². The third-order valence-corrected chi connectivity index (χ3v) is 4.19. The summed E-state index contributed by atoms with van der Waals surface area (Å²) in [6.07, 6.45) is 1.77. The highest BCUT2D eigenvalue weighted by Crippen LogP contribution is 2.13. The zero-order valence-electron chi connectivity index (χ0n) is 12.0. The lowest BCUT2D eigenvalue weighted by molar-refractivity contribution is -0.140. The van der Waals surface area contributed by atoms with Crippen LogP contribution in [0.4, 0.5) is 0 Å². The maximum atomic E-state index is 12.1. The fraction of sp³-hybridized carbons (Fsp3) is 0.500. The molecule has 1 unspecified atom stereocenters. The number of nitrogens with two attached hydrogens (primary N) is 1. The SMILES string of the molecule is CCC(C)[C@H](NC(=O)c1cc(S(N)(=O)=O)cn1C)C(=O)O. The molecule has 9 heteroatoms. The number of hydrogen-bond acceptors (Lipinski definition) is 4. The Labute approximate surface area is 123 Å². The molecular formula is C12H19N3O5S. The molecule has 0 spiro atoms. The number of sulfonamides is 1. The summed E-state index contributed by atoms with van der Waals surface area (Å²) in [5.41, 5.74) is 0.0218. The fourth-order valence-electron chi connectivity index (χ4n) is 1.81. The zero-order valence-corrected chi connectivity index (χ0v) is 12.8. The van der Waals surface area contributed by atoms with E-state index in [9.17, 15) is 18.0 Å². The van der Waals surface area contributed by atoms with Gasteiger partial charge in [0.05, 0.1) is 0 Å². The number of hydrogen-bond donors (Lipinski definition) is 3. The van der Waals surface area contributed by atoms with E-state index in [1.165, 1.54) is 17.8 Å². The number of carbonyl (C=O) groups excluding carboxylic acids is 1. The van der Waals surface area contributed by atoms with Crippen molar-refractivity contribution in [2.75, 3.05) is 0 Å². The van der Waals surface area contributed by atoms with Crippen LogP contribution in [-0.2, 0) is 21.9 Å². The second-order valence-corrected chi connectivity index (χ2v) is 6.45. The van der Waals surface area contributed by atoms with Crippen molar-refractivity contribution in [3.8, 4) is 0 Å². The molecule has 118 valence electrons. The van der Waals surface area contributed by atoms with Crippen LogP contribution < -0.4 is 10.5 Å². The van der Waals surface area contributed by atoms with Gasteiger partial charge in [0.25, 0.3) is 5.91 Å². The Morgan fingerprint density at radius 1 is 1.48 bits per heavy atom. The van der Waals surface area contributed by atoms with Crippen molar-refractivity contribution in [2.45, 2.75) is 31.2 Å². The topological polar surface area (TPSA) is 131 Å². The third kappa shape index (κ3) is 4.05. The number of aryl methyl sites for hydroxylation is 1. The predicted molar refractivity (Wildman–Crippen MR) is 75.1 cm³/mol. The van der Waals surface area contributed by atoms with Crippen LogP contribution in [0.3, 0.4) is 0 Å². The van der Waals surface area contributed by atoms with E-state index in [2.05, 4.69) is 5.32 Å². The fourth-order valence-corrected chi connectivity index (χ4v) is 2.39. The molecule has 0 aromatic carbocycles. The smallest absolute Gasteiger partial charge is 0.326 e. The minimum absolute atomic E-state index is 0.0218. The first-order valence-electron chi connectivity index (χ1n) is 6.30. The van der Waals surface area contributed by atoms with Crippen LogP contribution in [0.15, 0.2) is 17.2 Å². The highest BCUT2D eigenvalue weighted by molar-refractivity contribution is 7.89. The number of nitrogens with zero attached hydrogens (tertiary/aromatic N) is 1. The van der Waals surface area contributed by atoms with Crippen LogP contribution in [0.2, 0.25) is 0 Å². The third-order valence-electron chi connectivity index (χ3n) is 3.31. The van der Waals surface area contributed by atoms with Crippen LogP contribution in [-0.4, -0.2) is 36.0 Å². The molecule has 1 heterocycles. The molecule has 0 saturated heterocycles. The first-order chi connectivity index (χ1) is 9.57. The minimum Gasteiger partial charge on any atom is -0.480 e. The molecular weight excluding hydrogens is 298 g/mol. The lowest BCUT2D eigenvalue weighted by Crippen LogP contribution is -2.45. The van der Waals surface area contributed by atoms with Gasteiger partial charge in [-0.15, -0.1) is 0 Å². The van der Waals surface area contributed by atoms with Gasteiger partial charge in [-0.05, 0) is 12.0 Å². The van der Waals surface area contributed by atoms with E-state index in [4.69, 9.17) is 10.2 Å². The van der Waals surface area contributed by atoms with Crippen molar-refractivity contribution >= 4 is 21.9 Å². The van der Waals surface area contributed by atoms with E-state index in [1.54, 1.807) is 6.92 Å². The summed E-state index contributed by atoms with van der Waals surface area (Å²) in [5.74, 6) is -2.07. The van der Waals surface area contributed by atoms with Gasteiger partial charge in [0.15, 0.2) is 0 Å². The molecule has 0 bridgehead atoms. The number of nitrogens with one attached hydrogen (secondary N) is 1. The Kier molecular flexibility index (Phi) is 5.13. The average Bonchev–Trinajstić information content (AvgIpc) is 2.76. The predicted octanol–water partition coefficient (Wildman–Crippen LogP) is -0.0984. The van der Waals surface area contributed by atoms with E-state index in [0.717, 1.165) is 6.07 Å². The Balaban J connectivity index is 3.04. The van der Waals surface area contributed by atoms with E-state index in [-0.39, 0.29) is 16.5 Å². The maximum absolute atomic E-state index is 12.1. The van der Waals surface area contributed by atoms with Gasteiger partial charge in [0.2, 0.25) is 10.0 Å². The summed E-state index contributed by atoms with van der Waals surface area (Å²) in [5, 5.41) is 16.5. The van der Waals surface area contributed by atoms with Gasteiger partial charge < -0.3 is 15.0 Å². The molecule has 1 aromatic rings. The number of aliphatic carboxylic acids is 1. The number of carboxylic acids is 1. The number of amides is 1. The first kappa shape index (κ1) is 17.2. The number of carbonyl (C=O) groups is 2. The number of rotatable bonds is 6. The van der Waals surface area contributed by atoms with Crippen molar-refractivity contribution in [2.24, 2.45) is 18.1 Å². The first-order valence-corrected chi connectivity index (χ1v) is 7.85. The quantitative estimate of drug-likeness (QED) is 0.674. The van der Waals surface area contributed by atoms with Gasteiger partial charge in [-0.25, -0.2) is 18.4 Å². The van der Waals surface area contributed by atoms with E-state index in [0.29, 0.717) is 6.42 Å². The zero-order chi connectivity index (χ0) is 16.4. The summed E-state index contributed by atoms with van der Waals surface area (Å²) in [4.78, 5) is 23.1. The molecule has 4 N–H and O–H groups in total. The van der Waals surface area contributed by atoms with Crippen molar-refractivity contribution in [1.29, 1.82) is 0 Å². The molecule has 0 aliphatic heterocycles. The molecule has 2 atom stereocenters. The van der Waals surface area contributed by atoms with Gasteiger partial charge in [0, 0.05) is 13.2 Å². The molecule has 21 heavy (non-hydrogen) atoms. The Hall–Kier alpha value is -1.87. The molecule has 0 radical (unpaired) electrons. The Morgan fingerprint density at radius 3 is 2.43 bits per heavy atom. The summed E-state index contributed by atoms with van der Waals surface area (Å²) in [6, 6.07) is 0.0653. The molecule has 1 amide bonds. The van der Waals surface area contributed by atoms with Gasteiger partial charge in [-0.3, -0.25) is 4.79 Å². The lowest BCUT2D eigenvalue weighted by atomic mass is 9.99. The minimum atomic E-state index is -3.92. The lowest BCUT2D eigenvalue weighted by Gasteiger charge is -2.20. The van der Waals surface area contributed by atoms with Crippen molar-refractivity contribution in [3.63, 3.8) is 0 Å². The Bertz CT molecular complexity index is 650. The summed E-state index contributed by atoms with van der Waals surface area (Å²) in [7, 11) is -2.45. The van der Waals surface area contributed by atoms with Crippen LogP contribution in [0.5, 0.6) is 0 Å². The summed E-state index contributed by atoms with van der Waals surface area (Å²) >= 11 is 0. The monoisotopic (exact) mass is 317 g/mol. The number of aromatic nitrogens is 1. The summed E-state index contributed by atoms with van der Waals surface area (Å²) < 4.78 is 23.8. The van der Waals surface area contributed by atoms with E-state index in [1.807, 2.05) is 6.92 Å². The maximum Gasteiger partial charge on any atom is 0.326 e. The van der Waals surface area contributed by atoms with Crippen LogP contribution in [0.1, 0.15) is 30.8 Å². The second kappa shape index (κ2) is 6.27. The van der Waals surface area contributed by atoms with Crippen molar-refractivity contribution in [1.82, 2.24) is 9.88 Å². The molecule has 0 aliphatic rings. The molecule has 0 fully saturated rings. The normalized spacial score (nSPS) is 14.5. The van der Waals surface area contributed by atoms with Gasteiger partial charge in [-0.1, -0.05) is 20.3 Å². The molecule has 1 aromatic heterocycles. The van der Waals surface area contributed by atoms with Crippen LogP contribution >= 0.6 is 0 Å². The van der Waals surface area contributed by atoms with E-state index < -0.39 is 27.9 Å². The van der Waals surface area contributed by atoms with Crippen LogP contribution in [0.25, 0.3) is 0 Å². The van der Waals surface area contributed by atoms with Gasteiger partial charge in [-0.2, -0.15) is 0 Å². The molecule has 0 aliphatic carbocycles. The molecule has 8 nitrogen and oxygen atoms in total. The largest absolute Gasteiger partial charge is 0.480 e. The van der Waals surface area contributed by atoms with Gasteiger partial charge in [0.1, 0.15) is 16.6 Å². The summed E-state index contributed by atoms with van der Waals surface area (Å²) in [6.45, 7) is 3.52. The average molecular weight is 317 g/mol.